The zero-order valence-electron chi connectivity index (χ0n) is 43.0. The highest BCUT2D eigenvalue weighted by atomic mass is 16.7. The van der Waals surface area contributed by atoms with Crippen LogP contribution < -0.4 is 0 Å². The fraction of sp³-hybridized carbons (Fsp3) is 0.0769. The Bertz CT molecular complexity index is 4170. The van der Waals surface area contributed by atoms with E-state index in [-0.39, 0.29) is 108 Å². The Morgan fingerprint density at radius 1 is 0.294 bits per heavy atom. The van der Waals surface area contributed by atoms with Crippen molar-refractivity contribution in [2.75, 3.05) is 0 Å². The van der Waals surface area contributed by atoms with Crippen LogP contribution in [0.3, 0.4) is 0 Å². The summed E-state index contributed by atoms with van der Waals surface area (Å²) in [7, 11) is 0. The second-order valence-electron chi connectivity index (χ2n) is 18.1. The zero-order chi connectivity index (χ0) is 61.4. The van der Waals surface area contributed by atoms with Crippen LogP contribution in [0.4, 0.5) is 85.3 Å². The third kappa shape index (κ3) is 14.3. The number of aryl methyl sites for hydroxylation is 1. The highest BCUT2D eigenvalue weighted by Gasteiger charge is 2.23. The van der Waals surface area contributed by atoms with Gasteiger partial charge >= 0.3 is 0 Å². The lowest BCUT2D eigenvalue weighted by molar-refractivity contribution is -0.394. The number of nitro groups is 7. The maximum absolute atomic E-state index is 12.2. The number of benzene rings is 8. The van der Waals surface area contributed by atoms with Crippen LogP contribution in [0.1, 0.15) is 38.9 Å². The molecule has 8 rings (SSSR count). The fourth-order valence-corrected chi connectivity index (χ4v) is 8.23. The number of phenolic OH excluding ortho intramolecular Hbond substituents is 4. The maximum Gasteiger partial charge on any atom is 0.278 e. The first-order valence-corrected chi connectivity index (χ1v) is 23.9. The minimum absolute atomic E-state index is 0.00242. The Morgan fingerprint density at radius 3 is 0.894 bits per heavy atom. The van der Waals surface area contributed by atoms with Crippen molar-refractivity contribution in [3.05, 3.63) is 243 Å². The van der Waals surface area contributed by atoms with Gasteiger partial charge in [0.2, 0.25) is 0 Å². The average molecular weight is 1160 g/mol. The van der Waals surface area contributed by atoms with Gasteiger partial charge in [-0.1, -0.05) is 6.07 Å². The smallest absolute Gasteiger partial charge is 0.278 e. The van der Waals surface area contributed by atoms with Gasteiger partial charge in [-0.2, -0.15) is 40.9 Å². The van der Waals surface area contributed by atoms with E-state index in [1.165, 1.54) is 85.8 Å². The van der Waals surface area contributed by atoms with E-state index < -0.39 is 92.9 Å². The van der Waals surface area contributed by atoms with Gasteiger partial charge in [0.25, 0.3) is 39.8 Å². The number of nitro benzene ring substituents is 7. The Labute approximate surface area is 472 Å². The molecule has 0 amide bonds. The van der Waals surface area contributed by atoms with Gasteiger partial charge in [-0.15, -0.1) is 0 Å². The lowest BCUT2D eigenvalue weighted by atomic mass is 9.93. The van der Waals surface area contributed by atoms with Gasteiger partial charge in [0.1, 0.15) is 23.0 Å². The van der Waals surface area contributed by atoms with Crippen LogP contribution in [0.25, 0.3) is 0 Å². The van der Waals surface area contributed by atoms with Crippen molar-refractivity contribution < 1.29 is 54.9 Å². The van der Waals surface area contributed by atoms with E-state index >= 15 is 0 Å². The van der Waals surface area contributed by atoms with Crippen LogP contribution >= 0.6 is 0 Å². The van der Waals surface area contributed by atoms with Crippen molar-refractivity contribution in [3.8, 4) is 23.0 Å². The summed E-state index contributed by atoms with van der Waals surface area (Å²) in [5, 5.41) is 161. The highest BCUT2D eigenvalue weighted by Crippen LogP contribution is 2.42. The number of hydrogen-bond acceptors (Lipinski definition) is 26. The minimum Gasteiger partial charge on any atom is -0.508 e. The second-order valence-corrected chi connectivity index (χ2v) is 18.1. The Hall–Kier alpha value is -12.8. The van der Waals surface area contributed by atoms with E-state index in [2.05, 4.69) is 40.9 Å². The molecule has 85 heavy (non-hydrogen) atoms. The molecule has 0 unspecified atom stereocenters. The average Bonchev–Trinajstić information content (AvgIpc) is 3.57. The quantitative estimate of drug-likeness (QED) is 0.0295. The standard InChI is InChI=1S/C52H35N15O18/c1-27-7-36(55-53-34-3-2-4-42(17-34)61(72)73)12-29(50(27)69)9-31-14-38(57-60-41-22-47(66(82)83)26-48(23-41)67(84)85)16-33(52(31)71)10-32-15-37(56-59-40-20-45(64(78)79)25-46(21-40)65(80)81)13-30(51(32)70)8-28-11-35(5-6-49(28)68)54-58-39-18-43(62(74)75)24-44(19-39)63(76)77/h2-7,11-26,68-71H,8-10H2,1H3. The number of nitrogens with zero attached hydrogens (tertiary/aromatic N) is 15. The molecule has 33 nitrogen and oxygen atoms in total. The first-order valence-electron chi connectivity index (χ1n) is 23.9. The molecule has 0 radical (unpaired) electrons. The molecule has 0 aliphatic carbocycles. The summed E-state index contributed by atoms with van der Waals surface area (Å²) in [5.41, 5.74) is -5.14. The maximum atomic E-state index is 12.2. The number of aromatic hydroxyl groups is 4. The number of phenols is 4. The monoisotopic (exact) mass is 1160 g/mol. The van der Waals surface area contributed by atoms with Gasteiger partial charge in [-0.25, -0.2) is 0 Å². The third-order valence-corrected chi connectivity index (χ3v) is 12.2. The topological polar surface area (TPSA) is 482 Å². The van der Waals surface area contributed by atoms with Crippen LogP contribution in [-0.4, -0.2) is 54.9 Å². The largest absolute Gasteiger partial charge is 0.508 e. The number of hydrogen-bond donors (Lipinski definition) is 4. The van der Waals surface area contributed by atoms with E-state index in [0.29, 0.717) is 12.1 Å². The molecule has 0 aliphatic rings. The van der Waals surface area contributed by atoms with Gasteiger partial charge < -0.3 is 20.4 Å². The van der Waals surface area contributed by atoms with Crippen molar-refractivity contribution in [1.82, 2.24) is 0 Å². The summed E-state index contributed by atoms with van der Waals surface area (Å²) in [5.74, 6) is -1.67. The van der Waals surface area contributed by atoms with Crippen LogP contribution in [0, 0.1) is 77.7 Å². The summed E-state index contributed by atoms with van der Waals surface area (Å²) in [6, 6.07) is 24.5. The van der Waals surface area contributed by atoms with Crippen LogP contribution in [0.15, 0.2) is 174 Å². The summed E-state index contributed by atoms with van der Waals surface area (Å²) in [4.78, 5) is 75.3. The van der Waals surface area contributed by atoms with Gasteiger partial charge in [-0.3, -0.25) is 70.8 Å². The first-order chi connectivity index (χ1) is 40.4. The first kappa shape index (κ1) is 58.3. The van der Waals surface area contributed by atoms with Crippen molar-refractivity contribution in [2.45, 2.75) is 26.2 Å². The predicted octanol–water partition coefficient (Wildman–Crippen LogP) is 14.6. The SMILES string of the molecule is Cc1cc(N=Nc2cccc([N+](=O)[O-])c2)cc(Cc2cc(N=Nc3cc([N+](=O)[O-])cc([N+](=O)[O-])c3)cc(Cc3cc(N=Nc4cc([N+](=O)[O-])cc([N+](=O)[O-])c4)cc(Cc4cc(N=Nc5cc([N+](=O)[O-])cc([N+](=O)[O-])c5)ccc4O)c3O)c2O)c1O. The number of rotatable bonds is 21. The molecule has 0 saturated carbocycles. The molecular formula is C52H35N15O18. The molecule has 0 atom stereocenters. The second kappa shape index (κ2) is 24.7. The molecule has 4 N–H and O–H groups in total. The van der Waals surface area contributed by atoms with E-state index in [1.807, 2.05) is 0 Å². The van der Waals surface area contributed by atoms with Crippen molar-refractivity contribution in [1.29, 1.82) is 0 Å². The Balaban J connectivity index is 1.25. The van der Waals surface area contributed by atoms with Gasteiger partial charge in [0.15, 0.2) is 0 Å². The number of non-ortho nitro benzene ring substituents is 7. The van der Waals surface area contributed by atoms with Crippen LogP contribution in [0.5, 0.6) is 23.0 Å². The van der Waals surface area contributed by atoms with Gasteiger partial charge in [0, 0.05) is 101 Å². The van der Waals surface area contributed by atoms with Gasteiger partial charge in [-0.05, 0) is 73.2 Å². The molecule has 0 aromatic heterocycles. The van der Waals surface area contributed by atoms with Crippen molar-refractivity contribution in [2.24, 2.45) is 40.9 Å². The minimum atomic E-state index is -0.897. The Morgan fingerprint density at radius 2 is 0.553 bits per heavy atom. The molecule has 0 bridgehead atoms. The number of azo groups is 4. The fourth-order valence-electron chi connectivity index (χ4n) is 8.23. The summed E-state index contributed by atoms with van der Waals surface area (Å²) < 4.78 is 0. The summed E-state index contributed by atoms with van der Waals surface area (Å²) in [6.07, 6.45) is -1.20. The van der Waals surface area contributed by atoms with Crippen molar-refractivity contribution in [3.63, 3.8) is 0 Å². The molecule has 8 aromatic rings. The zero-order valence-corrected chi connectivity index (χ0v) is 43.0. The van der Waals surface area contributed by atoms with Crippen LogP contribution in [0.2, 0.25) is 0 Å². The lowest BCUT2D eigenvalue weighted by Crippen LogP contribution is -1.98. The summed E-state index contributed by atoms with van der Waals surface area (Å²) in [6.45, 7) is 1.53. The molecule has 8 aromatic carbocycles. The molecule has 426 valence electrons. The van der Waals surface area contributed by atoms with Gasteiger partial charge in [0.05, 0.1) is 98.2 Å². The van der Waals surface area contributed by atoms with E-state index in [0.717, 1.165) is 42.5 Å². The Kier molecular flexibility index (Phi) is 16.9. The summed E-state index contributed by atoms with van der Waals surface area (Å²) >= 11 is 0. The highest BCUT2D eigenvalue weighted by molar-refractivity contribution is 5.64. The third-order valence-electron chi connectivity index (χ3n) is 12.2. The lowest BCUT2D eigenvalue weighted by Gasteiger charge is -2.16. The predicted molar refractivity (Wildman–Crippen MR) is 295 cm³/mol. The van der Waals surface area contributed by atoms with Crippen molar-refractivity contribution >= 4 is 85.3 Å². The molecule has 0 fully saturated rings. The van der Waals surface area contributed by atoms with E-state index in [4.69, 9.17) is 0 Å². The molecule has 0 aliphatic heterocycles. The molecule has 0 heterocycles. The van der Waals surface area contributed by atoms with Crippen LogP contribution in [-0.2, 0) is 19.3 Å². The normalized spacial score (nSPS) is 11.4. The molecule has 0 spiro atoms. The van der Waals surface area contributed by atoms with E-state index in [1.54, 1.807) is 0 Å². The molecule has 33 heteroatoms. The molecule has 0 saturated heterocycles. The molecular weight excluding hydrogens is 1120 g/mol. The van der Waals surface area contributed by atoms with E-state index in [9.17, 15) is 91.2 Å².